The maximum absolute atomic E-state index is 14.1. The fourth-order valence-corrected chi connectivity index (χ4v) is 7.28. The molecule has 4 amide bonds. The van der Waals surface area contributed by atoms with Crippen LogP contribution in [0.3, 0.4) is 0 Å². The highest BCUT2D eigenvalue weighted by molar-refractivity contribution is 5.93. The van der Waals surface area contributed by atoms with Gasteiger partial charge in [-0.15, -0.1) is 0 Å². The van der Waals surface area contributed by atoms with Crippen LogP contribution in [0.4, 0.5) is 25.9 Å². The van der Waals surface area contributed by atoms with Gasteiger partial charge in [-0.05, 0) is 16.7 Å². The van der Waals surface area contributed by atoms with Crippen LogP contribution in [0.25, 0.3) is 0 Å². The van der Waals surface area contributed by atoms with Gasteiger partial charge in [0, 0.05) is 10.8 Å². The fourth-order valence-electron chi connectivity index (χ4n) is 7.28. The normalized spacial score (nSPS) is 12.8. The first-order chi connectivity index (χ1) is 24.1. The number of nitrogens with zero attached hydrogens (tertiary/aromatic N) is 2. The minimum atomic E-state index is -1.51. The van der Waals surface area contributed by atoms with E-state index in [2.05, 4.69) is 21.0 Å². The molecule has 4 rings (SSSR count). The first-order valence-corrected chi connectivity index (χ1v) is 16.7. The number of aromatic nitrogens is 2. The molecule has 0 radical (unpaired) electrons. The Kier molecular flexibility index (Phi) is 11.7. The average Bonchev–Trinajstić information content (AvgIpc) is 3.44. The summed E-state index contributed by atoms with van der Waals surface area (Å²) in [4.78, 5) is 38.3. The lowest BCUT2D eigenvalue weighted by atomic mass is 9.59. The van der Waals surface area contributed by atoms with E-state index in [0.29, 0.717) is 5.82 Å². The van der Waals surface area contributed by atoms with E-state index in [-0.39, 0.29) is 18.8 Å². The first-order valence-electron chi connectivity index (χ1n) is 16.7. The maximum atomic E-state index is 14.1. The summed E-state index contributed by atoms with van der Waals surface area (Å²) in [6.45, 7) is 10.4. The molecule has 1 unspecified atom stereocenters. The second-order valence-electron chi connectivity index (χ2n) is 14.3. The minimum Gasteiger partial charge on any atom is -0.447 e. The minimum absolute atomic E-state index is 0.110. The van der Waals surface area contributed by atoms with Crippen molar-refractivity contribution in [3.05, 3.63) is 114 Å². The smallest absolute Gasteiger partial charge is 0.405 e. The Labute approximate surface area is 298 Å². The Morgan fingerprint density at radius 2 is 1.25 bits per heavy atom. The summed E-state index contributed by atoms with van der Waals surface area (Å²) in [5, 5.41) is 24.0. The van der Waals surface area contributed by atoms with Gasteiger partial charge >= 0.3 is 18.2 Å². The lowest BCUT2D eigenvalue weighted by Gasteiger charge is -2.55. The van der Waals surface area contributed by atoms with Crippen LogP contribution in [0.15, 0.2) is 97.2 Å². The molecular formula is C38H49N7O6. The number of primary amides is 2. The fraction of sp³-hybridized carbons (Fsp3) is 0.368. The predicted octanol–water partition coefficient (Wildman–Crippen LogP) is 5.79. The molecule has 3 aromatic carbocycles. The number of anilines is 2. The topological polar surface area (TPSA) is 196 Å². The molecule has 4 aromatic rings. The van der Waals surface area contributed by atoms with E-state index in [1.165, 1.54) is 6.20 Å². The molecule has 1 heterocycles. The first kappa shape index (κ1) is 38.2. The van der Waals surface area contributed by atoms with E-state index in [0.717, 1.165) is 16.7 Å². The Bertz CT molecular complexity index is 1660. The number of aliphatic hydroxyl groups excluding tert-OH is 1. The highest BCUT2D eigenvalue weighted by Gasteiger charge is 2.60. The van der Waals surface area contributed by atoms with Crippen LogP contribution in [0.5, 0.6) is 0 Å². The van der Waals surface area contributed by atoms with Gasteiger partial charge in [-0.25, -0.2) is 19.1 Å². The second-order valence-corrected chi connectivity index (χ2v) is 14.3. The van der Waals surface area contributed by atoms with Crippen LogP contribution in [0, 0.1) is 10.8 Å². The van der Waals surface area contributed by atoms with E-state index >= 15 is 0 Å². The van der Waals surface area contributed by atoms with E-state index in [9.17, 15) is 19.5 Å². The standard InChI is InChI=1S/C38H49N7O6/c1-35(2,3)38(36(4,5)6,51-33(40)48)30(25-50-32(39)47)43-34(49)42-29-24-41-45(22-23-46)31(29)44-37(26-16-10-7-11-17-26,27-18-12-8-13-19-27)28-20-14-9-15-21-28/h7-21,24,30,44,46H,22-23,25H2,1-6H3,(H2,39,47)(H2,40,48)(H2,42,43,49). The number of benzene rings is 3. The van der Waals surface area contributed by atoms with E-state index in [4.69, 9.17) is 20.9 Å². The molecule has 51 heavy (non-hydrogen) atoms. The van der Waals surface area contributed by atoms with Gasteiger partial charge in [0.25, 0.3) is 0 Å². The molecule has 13 nitrogen and oxygen atoms in total. The van der Waals surface area contributed by atoms with E-state index < -0.39 is 52.8 Å². The third-order valence-electron chi connectivity index (χ3n) is 9.00. The highest BCUT2D eigenvalue weighted by Crippen LogP contribution is 2.49. The molecular weight excluding hydrogens is 650 g/mol. The van der Waals surface area contributed by atoms with Crippen molar-refractivity contribution in [2.75, 3.05) is 23.8 Å². The Morgan fingerprint density at radius 1 is 0.784 bits per heavy atom. The molecule has 0 saturated carbocycles. The largest absolute Gasteiger partial charge is 0.447 e. The number of hydrogen-bond acceptors (Lipinski definition) is 8. The molecule has 0 spiro atoms. The number of urea groups is 1. The van der Waals surface area contributed by atoms with Gasteiger partial charge in [0.15, 0.2) is 0 Å². The zero-order valence-electron chi connectivity index (χ0n) is 30.0. The van der Waals surface area contributed by atoms with Crippen LogP contribution in [0.2, 0.25) is 0 Å². The van der Waals surface area contributed by atoms with Crippen molar-refractivity contribution in [2.45, 2.75) is 65.3 Å². The summed E-state index contributed by atoms with van der Waals surface area (Å²) in [6.07, 6.45) is -0.672. The monoisotopic (exact) mass is 699 g/mol. The SMILES string of the molecule is CC(C)(C)C(OC(N)=O)(C(COC(N)=O)NC(=O)Nc1cnn(CCO)c1NC(c1ccccc1)(c1ccccc1)c1ccccc1)C(C)(C)C. The maximum Gasteiger partial charge on any atom is 0.405 e. The molecule has 0 aliphatic heterocycles. The quantitative estimate of drug-likeness (QED) is 0.0943. The summed E-state index contributed by atoms with van der Waals surface area (Å²) >= 11 is 0. The van der Waals surface area contributed by atoms with Crippen LogP contribution >= 0.6 is 0 Å². The van der Waals surface area contributed by atoms with Crippen molar-refractivity contribution in [2.24, 2.45) is 22.3 Å². The summed E-state index contributed by atoms with van der Waals surface area (Å²) in [7, 11) is 0. The molecule has 13 heteroatoms. The number of hydrogen-bond donors (Lipinski definition) is 6. The van der Waals surface area contributed by atoms with E-state index in [1.54, 1.807) is 4.68 Å². The molecule has 0 aliphatic rings. The van der Waals surface area contributed by atoms with E-state index in [1.807, 2.05) is 133 Å². The number of carbonyl (C=O) groups is 3. The zero-order chi connectivity index (χ0) is 37.5. The van der Waals surface area contributed by atoms with Gasteiger partial charge < -0.3 is 42.0 Å². The average molecular weight is 700 g/mol. The van der Waals surface area contributed by atoms with Crippen molar-refractivity contribution in [3.63, 3.8) is 0 Å². The number of nitrogens with one attached hydrogen (secondary N) is 3. The van der Waals surface area contributed by atoms with Gasteiger partial charge in [0.05, 0.1) is 19.3 Å². The number of aliphatic hydroxyl groups is 1. The van der Waals surface area contributed by atoms with Gasteiger partial charge in [-0.2, -0.15) is 5.10 Å². The van der Waals surface area contributed by atoms with Gasteiger partial charge in [-0.3, -0.25) is 0 Å². The third kappa shape index (κ3) is 8.09. The van der Waals surface area contributed by atoms with Gasteiger partial charge in [-0.1, -0.05) is 133 Å². The van der Waals surface area contributed by atoms with Crippen LogP contribution in [0.1, 0.15) is 58.2 Å². The summed E-state index contributed by atoms with van der Waals surface area (Å²) in [5.41, 5.74) is 9.75. The van der Waals surface area contributed by atoms with Crippen molar-refractivity contribution in [1.82, 2.24) is 15.1 Å². The van der Waals surface area contributed by atoms with Crippen molar-refractivity contribution < 1.29 is 29.0 Å². The highest BCUT2D eigenvalue weighted by atomic mass is 16.6. The molecule has 0 aliphatic carbocycles. The number of carbonyl (C=O) groups excluding carboxylic acids is 3. The third-order valence-corrected chi connectivity index (χ3v) is 9.00. The number of amides is 4. The van der Waals surface area contributed by atoms with Gasteiger partial charge in [0.1, 0.15) is 35.3 Å². The second kappa shape index (κ2) is 15.5. The Balaban J connectivity index is 1.85. The number of nitrogens with two attached hydrogens (primary N) is 2. The molecule has 0 fully saturated rings. The summed E-state index contributed by atoms with van der Waals surface area (Å²) in [5.74, 6) is 0.395. The lowest BCUT2D eigenvalue weighted by Crippen LogP contribution is -2.70. The Hall–Kier alpha value is -5.56. The molecule has 1 aromatic heterocycles. The van der Waals surface area contributed by atoms with Crippen LogP contribution in [-0.4, -0.2) is 58.0 Å². The lowest BCUT2D eigenvalue weighted by molar-refractivity contribution is -0.163. The van der Waals surface area contributed by atoms with Crippen LogP contribution in [-0.2, 0) is 21.6 Å². The molecule has 0 bridgehead atoms. The number of rotatable bonds is 13. The summed E-state index contributed by atoms with van der Waals surface area (Å²) < 4.78 is 12.7. The molecule has 0 saturated heterocycles. The van der Waals surface area contributed by atoms with Crippen molar-refractivity contribution in [3.8, 4) is 0 Å². The van der Waals surface area contributed by atoms with Crippen molar-refractivity contribution in [1.29, 1.82) is 0 Å². The number of ether oxygens (including phenoxy) is 2. The zero-order valence-corrected chi connectivity index (χ0v) is 30.0. The molecule has 1 atom stereocenters. The van der Waals surface area contributed by atoms with Gasteiger partial charge in [0.2, 0.25) is 0 Å². The van der Waals surface area contributed by atoms with Crippen molar-refractivity contribution >= 4 is 29.7 Å². The van der Waals surface area contributed by atoms with Crippen LogP contribution < -0.4 is 27.4 Å². The Morgan fingerprint density at radius 3 is 1.65 bits per heavy atom. The summed E-state index contributed by atoms with van der Waals surface area (Å²) in [6, 6.07) is 27.8. The molecule has 272 valence electrons. The predicted molar refractivity (Wildman–Crippen MR) is 196 cm³/mol. The molecule has 8 N–H and O–H groups in total.